The van der Waals surface area contributed by atoms with Crippen molar-refractivity contribution in [3.8, 4) is 11.6 Å². The van der Waals surface area contributed by atoms with E-state index in [0.29, 0.717) is 11.7 Å². The summed E-state index contributed by atoms with van der Waals surface area (Å²) in [6.07, 6.45) is 5.55. The Morgan fingerprint density at radius 1 is 1.33 bits per heavy atom. The summed E-state index contributed by atoms with van der Waals surface area (Å²) in [4.78, 5) is 13.4. The molecule has 0 radical (unpaired) electrons. The number of rotatable bonds is 4. The average Bonchev–Trinajstić information content (AvgIpc) is 2.76. The smallest absolute Gasteiger partial charge is 0.196 e. The zero-order chi connectivity index (χ0) is 13.1. The maximum absolute atomic E-state index is 4.66. The molecule has 0 aromatic carbocycles. The average molecular weight is 245 g/mol. The lowest BCUT2D eigenvalue weighted by atomic mass is 10.1. The van der Waals surface area contributed by atoms with Crippen molar-refractivity contribution in [2.75, 3.05) is 7.05 Å². The summed E-state index contributed by atoms with van der Waals surface area (Å²) in [6.45, 7) is 5.07. The van der Waals surface area contributed by atoms with Gasteiger partial charge in [-0.05, 0) is 13.0 Å². The summed E-state index contributed by atoms with van der Waals surface area (Å²) in [6, 6.07) is 0. The molecule has 2 aromatic rings. The van der Waals surface area contributed by atoms with Crippen molar-refractivity contribution in [1.82, 2.24) is 24.8 Å². The quantitative estimate of drug-likeness (QED) is 0.891. The summed E-state index contributed by atoms with van der Waals surface area (Å²) in [5.74, 6) is 1.86. The van der Waals surface area contributed by atoms with Crippen LogP contribution in [-0.4, -0.2) is 26.6 Å². The lowest BCUT2D eigenvalue weighted by Crippen LogP contribution is -2.12. The summed E-state index contributed by atoms with van der Waals surface area (Å²) >= 11 is 0. The lowest BCUT2D eigenvalue weighted by molar-refractivity contribution is 0.740. The third kappa shape index (κ3) is 2.41. The highest BCUT2D eigenvalue weighted by molar-refractivity contribution is 5.44. The van der Waals surface area contributed by atoms with E-state index in [9.17, 15) is 0 Å². The van der Waals surface area contributed by atoms with Gasteiger partial charge in [0.05, 0.1) is 5.69 Å². The Balaban J connectivity index is 2.46. The van der Waals surface area contributed by atoms with Gasteiger partial charge in [-0.25, -0.2) is 15.0 Å². The summed E-state index contributed by atoms with van der Waals surface area (Å²) < 4.78 is 1.93. The lowest BCUT2D eigenvalue weighted by Gasteiger charge is -2.12. The number of nitrogens with one attached hydrogen (secondary N) is 1. The zero-order valence-corrected chi connectivity index (χ0v) is 11.3. The molecule has 0 aliphatic rings. The molecule has 0 unspecified atom stereocenters. The van der Waals surface area contributed by atoms with Crippen LogP contribution in [0, 0.1) is 0 Å². The van der Waals surface area contributed by atoms with Crippen LogP contribution in [0.25, 0.3) is 11.6 Å². The van der Waals surface area contributed by atoms with Crippen LogP contribution >= 0.6 is 0 Å². The Hall–Kier alpha value is -1.75. The van der Waals surface area contributed by atoms with Crippen molar-refractivity contribution in [3.05, 3.63) is 29.8 Å². The van der Waals surface area contributed by atoms with Crippen LogP contribution in [-0.2, 0) is 13.6 Å². The normalized spacial score (nSPS) is 11.2. The molecular weight excluding hydrogens is 226 g/mol. The fraction of sp³-hybridized carbons (Fsp3) is 0.462. The predicted octanol–water partition coefficient (Wildman–Crippen LogP) is 1.72. The Morgan fingerprint density at radius 2 is 2.11 bits per heavy atom. The highest BCUT2D eigenvalue weighted by Gasteiger charge is 2.13. The predicted molar refractivity (Wildman–Crippen MR) is 71.1 cm³/mol. The van der Waals surface area contributed by atoms with Crippen LogP contribution in [0.4, 0.5) is 0 Å². The Labute approximate surface area is 107 Å². The topological polar surface area (TPSA) is 55.6 Å². The van der Waals surface area contributed by atoms with Gasteiger partial charge in [0.15, 0.2) is 11.6 Å². The van der Waals surface area contributed by atoms with Gasteiger partial charge in [0.25, 0.3) is 0 Å². The first-order valence-electron chi connectivity index (χ1n) is 6.11. The monoisotopic (exact) mass is 245 g/mol. The van der Waals surface area contributed by atoms with Crippen molar-refractivity contribution in [2.45, 2.75) is 26.3 Å². The third-order valence-electron chi connectivity index (χ3n) is 2.83. The first-order valence-corrected chi connectivity index (χ1v) is 6.11. The fourth-order valence-corrected chi connectivity index (χ4v) is 1.94. The van der Waals surface area contributed by atoms with Gasteiger partial charge in [0.2, 0.25) is 0 Å². The van der Waals surface area contributed by atoms with Crippen molar-refractivity contribution >= 4 is 0 Å². The molecule has 1 N–H and O–H groups in total. The Bertz CT molecular complexity index is 530. The molecule has 0 aliphatic heterocycles. The van der Waals surface area contributed by atoms with Crippen molar-refractivity contribution < 1.29 is 0 Å². The molecule has 0 atom stereocenters. The van der Waals surface area contributed by atoms with Gasteiger partial charge < -0.3 is 9.88 Å². The van der Waals surface area contributed by atoms with Gasteiger partial charge in [-0.3, -0.25) is 0 Å². The van der Waals surface area contributed by atoms with E-state index in [1.807, 2.05) is 31.1 Å². The molecule has 0 fully saturated rings. The molecular formula is C13H19N5. The van der Waals surface area contributed by atoms with E-state index in [0.717, 1.165) is 23.6 Å². The van der Waals surface area contributed by atoms with Crippen LogP contribution in [0.5, 0.6) is 0 Å². The highest BCUT2D eigenvalue weighted by atomic mass is 15.1. The van der Waals surface area contributed by atoms with Crippen LogP contribution < -0.4 is 5.32 Å². The Morgan fingerprint density at radius 3 is 2.67 bits per heavy atom. The second-order valence-electron chi connectivity index (χ2n) is 4.65. The molecule has 0 saturated heterocycles. The molecule has 18 heavy (non-hydrogen) atoms. The van der Waals surface area contributed by atoms with E-state index in [1.54, 1.807) is 6.20 Å². The van der Waals surface area contributed by atoms with Gasteiger partial charge >= 0.3 is 0 Å². The van der Waals surface area contributed by atoms with E-state index in [1.165, 1.54) is 0 Å². The van der Waals surface area contributed by atoms with E-state index in [4.69, 9.17) is 0 Å². The molecule has 2 rings (SSSR count). The van der Waals surface area contributed by atoms with E-state index in [-0.39, 0.29) is 0 Å². The first-order chi connectivity index (χ1) is 8.63. The van der Waals surface area contributed by atoms with Gasteiger partial charge in [-0.2, -0.15) is 0 Å². The third-order valence-corrected chi connectivity index (χ3v) is 2.83. The standard InChI is InChI=1S/C13H19N5/c1-9(2)11-10(7-14-3)8-16-12(17-11)13-15-5-6-18(13)4/h5-6,8-9,14H,7H2,1-4H3. The number of hydrogen-bond acceptors (Lipinski definition) is 4. The molecule has 0 bridgehead atoms. The van der Waals surface area contributed by atoms with Crippen molar-refractivity contribution in [1.29, 1.82) is 0 Å². The molecule has 0 aliphatic carbocycles. The van der Waals surface area contributed by atoms with Crippen LogP contribution in [0.2, 0.25) is 0 Å². The summed E-state index contributed by atoms with van der Waals surface area (Å²) in [5, 5.41) is 3.14. The first kappa shape index (κ1) is 12.7. The van der Waals surface area contributed by atoms with Gasteiger partial charge in [-0.1, -0.05) is 13.8 Å². The van der Waals surface area contributed by atoms with Gasteiger partial charge in [0, 0.05) is 37.7 Å². The van der Waals surface area contributed by atoms with Crippen molar-refractivity contribution in [2.24, 2.45) is 7.05 Å². The largest absolute Gasteiger partial charge is 0.331 e. The molecule has 96 valence electrons. The van der Waals surface area contributed by atoms with Crippen LogP contribution in [0.1, 0.15) is 31.0 Å². The molecule has 0 spiro atoms. The van der Waals surface area contributed by atoms with Crippen LogP contribution in [0.15, 0.2) is 18.6 Å². The molecule has 2 heterocycles. The maximum atomic E-state index is 4.66. The maximum Gasteiger partial charge on any atom is 0.196 e. The number of aryl methyl sites for hydroxylation is 1. The fourth-order valence-electron chi connectivity index (χ4n) is 1.94. The van der Waals surface area contributed by atoms with Gasteiger partial charge in [-0.15, -0.1) is 0 Å². The van der Waals surface area contributed by atoms with Crippen LogP contribution in [0.3, 0.4) is 0 Å². The minimum absolute atomic E-state index is 0.371. The number of aromatic nitrogens is 4. The number of hydrogen-bond donors (Lipinski definition) is 1. The molecule has 0 saturated carbocycles. The summed E-state index contributed by atoms with van der Waals surface area (Å²) in [7, 11) is 3.87. The minimum Gasteiger partial charge on any atom is -0.331 e. The second kappa shape index (κ2) is 5.27. The summed E-state index contributed by atoms with van der Waals surface area (Å²) in [5.41, 5.74) is 2.22. The number of imidazole rings is 1. The van der Waals surface area contributed by atoms with Crippen molar-refractivity contribution in [3.63, 3.8) is 0 Å². The minimum atomic E-state index is 0.371. The molecule has 0 amide bonds. The second-order valence-corrected chi connectivity index (χ2v) is 4.65. The molecule has 2 aromatic heterocycles. The number of nitrogens with zero attached hydrogens (tertiary/aromatic N) is 4. The van der Waals surface area contributed by atoms with Gasteiger partial charge in [0.1, 0.15) is 0 Å². The van der Waals surface area contributed by atoms with E-state index < -0.39 is 0 Å². The zero-order valence-electron chi connectivity index (χ0n) is 11.3. The van der Waals surface area contributed by atoms with E-state index >= 15 is 0 Å². The molecule has 5 heteroatoms. The van der Waals surface area contributed by atoms with E-state index in [2.05, 4.69) is 34.1 Å². The SMILES string of the molecule is CNCc1cnc(-c2nccn2C)nc1C(C)C. The molecule has 5 nitrogen and oxygen atoms in total. The Kier molecular flexibility index (Phi) is 3.72. The highest BCUT2D eigenvalue weighted by Crippen LogP contribution is 2.20.